The van der Waals surface area contributed by atoms with E-state index in [-0.39, 0.29) is 12.0 Å². The first kappa shape index (κ1) is 15.9. The summed E-state index contributed by atoms with van der Waals surface area (Å²) in [7, 11) is 4.99. The summed E-state index contributed by atoms with van der Waals surface area (Å²) < 4.78 is 9.97. The fourth-order valence-electron chi connectivity index (χ4n) is 1.65. The van der Waals surface area contributed by atoms with Crippen LogP contribution in [0.3, 0.4) is 0 Å². The molecule has 1 N–H and O–H groups in total. The largest absolute Gasteiger partial charge is 0.496 e. The van der Waals surface area contributed by atoms with Crippen LogP contribution in [0.4, 0.5) is 0 Å². The van der Waals surface area contributed by atoms with Crippen molar-refractivity contribution in [2.45, 2.75) is 18.7 Å². The summed E-state index contributed by atoms with van der Waals surface area (Å²) in [6.45, 7) is 2.10. The first-order valence-electron chi connectivity index (χ1n) is 6.11. The average Bonchev–Trinajstić information content (AvgIpc) is 2.45. The Labute approximate surface area is 118 Å². The van der Waals surface area contributed by atoms with E-state index in [9.17, 15) is 4.79 Å². The summed E-state index contributed by atoms with van der Waals surface area (Å²) in [4.78, 5) is 11.1. The van der Waals surface area contributed by atoms with E-state index >= 15 is 0 Å². The van der Waals surface area contributed by atoms with Crippen molar-refractivity contribution in [2.75, 3.05) is 27.0 Å². The Morgan fingerprint density at radius 2 is 2.16 bits per heavy atom. The van der Waals surface area contributed by atoms with Crippen molar-refractivity contribution in [3.63, 3.8) is 0 Å². The van der Waals surface area contributed by atoms with Gasteiger partial charge in [0.15, 0.2) is 0 Å². The van der Waals surface area contributed by atoms with Crippen LogP contribution in [0.5, 0.6) is 5.75 Å². The highest BCUT2D eigenvalue weighted by molar-refractivity contribution is 7.99. The van der Waals surface area contributed by atoms with Crippen molar-refractivity contribution in [1.29, 1.82) is 0 Å². The van der Waals surface area contributed by atoms with Crippen LogP contribution in [-0.2, 0) is 15.3 Å². The van der Waals surface area contributed by atoms with Crippen LogP contribution in [0.2, 0.25) is 0 Å². The van der Waals surface area contributed by atoms with Gasteiger partial charge in [0.1, 0.15) is 5.75 Å². The highest BCUT2D eigenvalue weighted by atomic mass is 32.2. The van der Waals surface area contributed by atoms with Crippen LogP contribution < -0.4 is 10.1 Å². The quantitative estimate of drug-likeness (QED) is 0.779. The summed E-state index contributed by atoms with van der Waals surface area (Å²) in [6, 6.07) is 6.42. The summed E-state index contributed by atoms with van der Waals surface area (Å²) in [5.74, 6) is 1.72. The van der Waals surface area contributed by atoms with E-state index in [1.807, 2.05) is 13.1 Å². The second-order valence-corrected chi connectivity index (χ2v) is 5.14. The number of hydrogen-bond acceptors (Lipinski definition) is 5. The number of carbonyl (C=O) groups is 1. The average molecular weight is 283 g/mol. The molecule has 1 unspecified atom stereocenters. The van der Waals surface area contributed by atoms with E-state index in [0.717, 1.165) is 17.1 Å². The molecule has 0 fully saturated rings. The number of carbonyl (C=O) groups excluding carboxylic acids is 1. The van der Waals surface area contributed by atoms with Gasteiger partial charge in [0, 0.05) is 17.4 Å². The predicted octanol–water partition coefficient (Wildman–Crippen LogP) is 2.38. The lowest BCUT2D eigenvalue weighted by Gasteiger charge is -2.14. The van der Waals surface area contributed by atoms with Crippen LogP contribution >= 0.6 is 11.8 Å². The summed E-state index contributed by atoms with van der Waals surface area (Å²) in [5, 5.41) is 3.21. The molecule has 0 aliphatic heterocycles. The number of esters is 1. The zero-order valence-electron chi connectivity index (χ0n) is 11.9. The van der Waals surface area contributed by atoms with Gasteiger partial charge in [-0.2, -0.15) is 0 Å². The topological polar surface area (TPSA) is 47.6 Å². The van der Waals surface area contributed by atoms with Gasteiger partial charge in [-0.05, 0) is 31.7 Å². The highest BCUT2D eigenvalue weighted by Crippen LogP contribution is 2.26. The fraction of sp³-hybridized carbons (Fsp3) is 0.500. The molecule has 0 amide bonds. The molecule has 0 bridgehead atoms. The number of benzene rings is 1. The van der Waals surface area contributed by atoms with Crippen molar-refractivity contribution in [3.05, 3.63) is 29.3 Å². The van der Waals surface area contributed by atoms with Gasteiger partial charge in [-0.3, -0.25) is 4.79 Å². The van der Waals surface area contributed by atoms with Gasteiger partial charge in [0.05, 0.1) is 20.0 Å². The van der Waals surface area contributed by atoms with E-state index in [4.69, 9.17) is 4.74 Å². The monoisotopic (exact) mass is 283 g/mol. The van der Waals surface area contributed by atoms with Gasteiger partial charge in [0.25, 0.3) is 0 Å². The Bertz CT molecular complexity index is 423. The van der Waals surface area contributed by atoms with E-state index in [1.165, 1.54) is 24.4 Å². The van der Waals surface area contributed by atoms with Gasteiger partial charge < -0.3 is 14.8 Å². The lowest BCUT2D eigenvalue weighted by atomic mass is 10.1. The molecule has 0 aromatic heterocycles. The number of thioether (sulfide) groups is 1. The molecule has 0 radical (unpaired) electrons. The maximum Gasteiger partial charge on any atom is 0.315 e. The summed E-state index contributed by atoms with van der Waals surface area (Å²) >= 11 is 1.52. The zero-order chi connectivity index (χ0) is 14.3. The van der Waals surface area contributed by atoms with E-state index in [0.29, 0.717) is 5.75 Å². The number of methoxy groups -OCH3 is 2. The Balaban J connectivity index is 2.75. The molecule has 1 rings (SSSR count). The molecular formula is C14H21NO3S. The smallest absolute Gasteiger partial charge is 0.315 e. The third-order valence-electron chi connectivity index (χ3n) is 2.94. The Morgan fingerprint density at radius 3 is 2.74 bits per heavy atom. The van der Waals surface area contributed by atoms with Crippen LogP contribution in [-0.4, -0.2) is 33.0 Å². The molecule has 4 nitrogen and oxygen atoms in total. The minimum absolute atomic E-state index is 0.205. The van der Waals surface area contributed by atoms with Gasteiger partial charge in [-0.1, -0.05) is 6.07 Å². The number of ether oxygens (including phenoxy) is 2. The van der Waals surface area contributed by atoms with Crippen molar-refractivity contribution < 1.29 is 14.3 Å². The van der Waals surface area contributed by atoms with Gasteiger partial charge in [-0.25, -0.2) is 0 Å². The van der Waals surface area contributed by atoms with Gasteiger partial charge >= 0.3 is 5.97 Å². The molecule has 0 aliphatic carbocycles. The van der Waals surface area contributed by atoms with Crippen LogP contribution in [0.15, 0.2) is 18.2 Å². The Morgan fingerprint density at radius 1 is 1.42 bits per heavy atom. The first-order valence-corrected chi connectivity index (χ1v) is 7.26. The Kier molecular flexibility index (Phi) is 6.73. The van der Waals surface area contributed by atoms with Crippen molar-refractivity contribution in [2.24, 2.45) is 0 Å². The van der Waals surface area contributed by atoms with E-state index < -0.39 is 0 Å². The maximum atomic E-state index is 11.1. The predicted molar refractivity (Wildman–Crippen MR) is 78.6 cm³/mol. The lowest BCUT2D eigenvalue weighted by Crippen LogP contribution is -2.12. The van der Waals surface area contributed by atoms with Gasteiger partial charge in [-0.15, -0.1) is 11.8 Å². The molecule has 106 valence electrons. The third-order valence-corrected chi connectivity index (χ3v) is 3.90. The SMILES string of the molecule is CNC(C)c1ccc(OC)c(CSCC(=O)OC)c1. The summed E-state index contributed by atoms with van der Waals surface area (Å²) in [5.41, 5.74) is 2.30. The first-order chi connectivity index (χ1) is 9.12. The van der Waals surface area contributed by atoms with Crippen LogP contribution in [0, 0.1) is 0 Å². The number of nitrogens with one attached hydrogen (secondary N) is 1. The molecule has 0 aliphatic rings. The maximum absolute atomic E-state index is 11.1. The molecule has 1 atom stereocenters. The third kappa shape index (κ3) is 4.76. The molecule has 1 aromatic carbocycles. The second-order valence-electron chi connectivity index (χ2n) is 4.15. The standard InChI is InChI=1S/C14H21NO3S/c1-10(15-2)11-5-6-13(17-3)12(7-11)8-19-9-14(16)18-4/h5-7,10,15H,8-9H2,1-4H3. The fourth-order valence-corrected chi connectivity index (χ4v) is 2.48. The van der Waals surface area contributed by atoms with Crippen LogP contribution in [0.25, 0.3) is 0 Å². The molecule has 5 heteroatoms. The normalized spacial score (nSPS) is 12.0. The Hall–Kier alpha value is -1.20. The van der Waals surface area contributed by atoms with E-state index in [2.05, 4.69) is 29.1 Å². The zero-order valence-corrected chi connectivity index (χ0v) is 12.7. The van der Waals surface area contributed by atoms with Crippen molar-refractivity contribution in [3.8, 4) is 5.75 Å². The second kappa shape index (κ2) is 8.07. The molecule has 1 aromatic rings. The number of hydrogen-bond donors (Lipinski definition) is 1. The van der Waals surface area contributed by atoms with Crippen molar-refractivity contribution in [1.82, 2.24) is 5.32 Å². The molecule has 19 heavy (non-hydrogen) atoms. The lowest BCUT2D eigenvalue weighted by molar-refractivity contribution is -0.137. The minimum Gasteiger partial charge on any atom is -0.496 e. The molecule has 0 saturated carbocycles. The van der Waals surface area contributed by atoms with E-state index in [1.54, 1.807) is 7.11 Å². The molecule has 0 spiro atoms. The van der Waals surface area contributed by atoms with Crippen molar-refractivity contribution >= 4 is 17.7 Å². The molecule has 0 heterocycles. The summed E-state index contributed by atoms with van der Waals surface area (Å²) in [6.07, 6.45) is 0. The molecular weight excluding hydrogens is 262 g/mol. The van der Waals surface area contributed by atoms with Gasteiger partial charge in [0.2, 0.25) is 0 Å². The van der Waals surface area contributed by atoms with Crippen LogP contribution in [0.1, 0.15) is 24.1 Å². The molecule has 0 saturated heterocycles. The highest BCUT2D eigenvalue weighted by Gasteiger charge is 2.09. The minimum atomic E-state index is -0.205. The number of rotatable bonds is 7.